The average Bonchev–Trinajstić information content (AvgIpc) is 3.27. The van der Waals surface area contributed by atoms with Gasteiger partial charge in [-0.1, -0.05) is 244 Å². The number of hydrogen-bond acceptors (Lipinski definition) is 5. The minimum absolute atomic E-state index is 0.0863. The van der Waals surface area contributed by atoms with E-state index in [9.17, 15) is 9.59 Å². The fourth-order valence-corrected chi connectivity index (χ4v) is 8.27. The normalized spacial score (nSPS) is 12.2. The molecule has 0 aromatic carbocycles. The molecule has 0 amide bonds. The lowest BCUT2D eigenvalue weighted by atomic mass is 10.0. The van der Waals surface area contributed by atoms with Gasteiger partial charge in [-0.25, -0.2) is 0 Å². The molecule has 0 spiro atoms. The maximum absolute atomic E-state index is 12.8. The second-order valence-corrected chi connectivity index (χ2v) is 18.8. The van der Waals surface area contributed by atoms with Crippen LogP contribution in [0.3, 0.4) is 0 Å². The number of esters is 2. The molecule has 0 aromatic heterocycles. The van der Waals surface area contributed by atoms with Crippen molar-refractivity contribution >= 4 is 11.9 Å². The summed E-state index contributed by atoms with van der Waals surface area (Å²) in [4.78, 5) is 25.4. The summed E-state index contributed by atoms with van der Waals surface area (Å²) < 4.78 is 17.4. The van der Waals surface area contributed by atoms with Crippen LogP contribution in [0.2, 0.25) is 0 Å². The molecule has 1 atom stereocenters. The Morgan fingerprint density at radius 3 is 1.00 bits per heavy atom. The minimum Gasteiger partial charge on any atom is -0.462 e. The Labute approximate surface area is 387 Å². The van der Waals surface area contributed by atoms with E-state index in [0.717, 1.165) is 51.4 Å². The van der Waals surface area contributed by atoms with Crippen molar-refractivity contribution < 1.29 is 23.8 Å². The predicted molar refractivity (Wildman–Crippen MR) is 270 cm³/mol. The van der Waals surface area contributed by atoms with Crippen LogP contribution in [-0.2, 0) is 23.8 Å². The van der Waals surface area contributed by atoms with Crippen molar-refractivity contribution in [3.63, 3.8) is 0 Å². The molecule has 1 unspecified atom stereocenters. The topological polar surface area (TPSA) is 61.8 Å². The van der Waals surface area contributed by atoms with Gasteiger partial charge in [-0.3, -0.25) is 9.59 Å². The molecule has 0 rings (SSSR count). The third-order valence-corrected chi connectivity index (χ3v) is 12.5. The molecule has 5 nitrogen and oxygen atoms in total. The Hall–Kier alpha value is -1.62. The van der Waals surface area contributed by atoms with Gasteiger partial charge in [0.05, 0.1) is 6.61 Å². The lowest BCUT2D eigenvalue weighted by molar-refractivity contribution is -0.163. The van der Waals surface area contributed by atoms with E-state index >= 15 is 0 Å². The van der Waals surface area contributed by atoms with Gasteiger partial charge >= 0.3 is 11.9 Å². The van der Waals surface area contributed by atoms with Gasteiger partial charge in [0, 0.05) is 19.4 Å². The molecular weight excluding hydrogens is 765 g/mol. The Kier molecular flexibility index (Phi) is 52.3. The highest BCUT2D eigenvalue weighted by molar-refractivity contribution is 5.70. The first kappa shape index (κ1) is 60.4. The van der Waals surface area contributed by atoms with E-state index in [0.29, 0.717) is 19.4 Å². The summed E-state index contributed by atoms with van der Waals surface area (Å²) in [5.74, 6) is -0.391. The van der Waals surface area contributed by atoms with Crippen LogP contribution in [0.25, 0.3) is 0 Å². The van der Waals surface area contributed by atoms with Gasteiger partial charge in [-0.2, -0.15) is 0 Å². The van der Waals surface area contributed by atoms with Crippen LogP contribution < -0.4 is 0 Å². The van der Waals surface area contributed by atoms with Crippen LogP contribution in [0.5, 0.6) is 0 Å². The molecule has 0 heterocycles. The zero-order valence-electron chi connectivity index (χ0n) is 42.2. The number of allylic oxidation sites excluding steroid dienone is 4. The summed E-state index contributed by atoms with van der Waals surface area (Å²) in [5, 5.41) is 0. The number of carbonyl (C=O) groups is 2. The summed E-state index contributed by atoms with van der Waals surface area (Å²) in [6, 6.07) is 0. The first-order chi connectivity index (χ1) is 30.6. The highest BCUT2D eigenvalue weighted by atomic mass is 16.6. The van der Waals surface area contributed by atoms with Gasteiger partial charge in [0.15, 0.2) is 6.10 Å². The van der Waals surface area contributed by atoms with Crippen molar-refractivity contribution in [2.24, 2.45) is 0 Å². The van der Waals surface area contributed by atoms with Gasteiger partial charge in [0.25, 0.3) is 0 Å². The maximum atomic E-state index is 12.8. The van der Waals surface area contributed by atoms with Crippen LogP contribution >= 0.6 is 0 Å². The van der Waals surface area contributed by atoms with Crippen molar-refractivity contribution in [3.8, 4) is 0 Å². The fraction of sp³-hybridized carbons (Fsp3) is 0.895. The first-order valence-corrected chi connectivity index (χ1v) is 27.9. The standard InChI is InChI=1S/C57H108O5/c1-4-7-10-13-16-19-22-25-27-28-29-30-31-33-35-38-41-44-47-50-56(58)61-54-55(53-60-52-49-46-43-40-37-34-26-23-20-17-14-11-8-5-2)62-57(59)51-48-45-42-39-36-32-24-21-18-15-12-9-6-3/h20-21,23-24,55H,4-19,22,25-54H2,1-3H3/b23-20-,24-21-. The zero-order valence-corrected chi connectivity index (χ0v) is 42.2. The Morgan fingerprint density at radius 2 is 0.629 bits per heavy atom. The van der Waals surface area contributed by atoms with Crippen molar-refractivity contribution in [1.29, 1.82) is 0 Å². The lowest BCUT2D eigenvalue weighted by Gasteiger charge is -2.18. The van der Waals surface area contributed by atoms with Gasteiger partial charge in [-0.15, -0.1) is 0 Å². The third-order valence-electron chi connectivity index (χ3n) is 12.5. The molecule has 62 heavy (non-hydrogen) atoms. The van der Waals surface area contributed by atoms with E-state index < -0.39 is 6.10 Å². The lowest BCUT2D eigenvalue weighted by Crippen LogP contribution is -2.30. The number of carbonyl (C=O) groups excluding carboxylic acids is 2. The largest absolute Gasteiger partial charge is 0.462 e. The van der Waals surface area contributed by atoms with Crippen LogP contribution in [-0.4, -0.2) is 37.9 Å². The Bertz CT molecular complexity index is 943. The van der Waals surface area contributed by atoms with Crippen molar-refractivity contribution in [2.75, 3.05) is 19.8 Å². The molecule has 0 bridgehead atoms. The SMILES string of the molecule is CCCCCC/C=C\CCCCCCCCOCC(COC(=O)CCCCCCCCCCCCCCCCCCCCC)OC(=O)CCCCCCC/C=C\CCCCCC. The molecule has 0 fully saturated rings. The summed E-state index contributed by atoms with van der Waals surface area (Å²) >= 11 is 0. The summed E-state index contributed by atoms with van der Waals surface area (Å²) in [6.45, 7) is 7.84. The van der Waals surface area contributed by atoms with Crippen LogP contribution in [0.15, 0.2) is 24.3 Å². The molecule has 0 aromatic rings. The quantitative estimate of drug-likeness (QED) is 0.0346. The van der Waals surface area contributed by atoms with E-state index in [1.54, 1.807) is 0 Å². The van der Waals surface area contributed by atoms with Gasteiger partial charge in [0.2, 0.25) is 0 Å². The van der Waals surface area contributed by atoms with E-state index in [4.69, 9.17) is 14.2 Å². The summed E-state index contributed by atoms with van der Waals surface area (Å²) in [7, 11) is 0. The molecular formula is C57H108O5. The van der Waals surface area contributed by atoms with Crippen molar-refractivity contribution in [1.82, 2.24) is 0 Å². The highest BCUT2D eigenvalue weighted by Gasteiger charge is 2.17. The molecule has 0 aliphatic heterocycles. The number of unbranched alkanes of at least 4 members (excludes halogenated alkanes) is 37. The van der Waals surface area contributed by atoms with Crippen LogP contribution in [0.1, 0.15) is 303 Å². The van der Waals surface area contributed by atoms with E-state index in [1.165, 1.54) is 218 Å². The van der Waals surface area contributed by atoms with E-state index in [-0.39, 0.29) is 25.2 Å². The molecule has 0 aliphatic carbocycles. The monoisotopic (exact) mass is 873 g/mol. The molecule has 0 aliphatic rings. The molecule has 0 saturated carbocycles. The highest BCUT2D eigenvalue weighted by Crippen LogP contribution is 2.16. The smallest absolute Gasteiger partial charge is 0.306 e. The number of ether oxygens (including phenoxy) is 3. The fourth-order valence-electron chi connectivity index (χ4n) is 8.27. The third kappa shape index (κ3) is 51.0. The molecule has 0 saturated heterocycles. The molecule has 366 valence electrons. The molecule has 5 heteroatoms. The van der Waals surface area contributed by atoms with Crippen molar-refractivity contribution in [3.05, 3.63) is 24.3 Å². The molecule has 0 N–H and O–H groups in total. The van der Waals surface area contributed by atoms with Gasteiger partial charge < -0.3 is 14.2 Å². The van der Waals surface area contributed by atoms with Crippen LogP contribution in [0, 0.1) is 0 Å². The summed E-state index contributed by atoms with van der Waals surface area (Å²) in [5.41, 5.74) is 0. The van der Waals surface area contributed by atoms with Gasteiger partial charge in [-0.05, 0) is 70.6 Å². The van der Waals surface area contributed by atoms with Gasteiger partial charge in [0.1, 0.15) is 6.61 Å². The second-order valence-electron chi connectivity index (χ2n) is 18.8. The summed E-state index contributed by atoms with van der Waals surface area (Å²) in [6.07, 6.45) is 63.3. The average molecular weight is 873 g/mol. The van der Waals surface area contributed by atoms with E-state index in [1.807, 2.05) is 0 Å². The Balaban J connectivity index is 4.19. The molecule has 0 radical (unpaired) electrons. The number of hydrogen-bond donors (Lipinski definition) is 0. The minimum atomic E-state index is -0.537. The Morgan fingerprint density at radius 1 is 0.339 bits per heavy atom. The van der Waals surface area contributed by atoms with Crippen molar-refractivity contribution in [2.45, 2.75) is 309 Å². The zero-order chi connectivity index (χ0) is 44.9. The first-order valence-electron chi connectivity index (χ1n) is 27.9. The maximum Gasteiger partial charge on any atom is 0.306 e. The predicted octanol–water partition coefficient (Wildman–Crippen LogP) is 18.8. The van der Waals surface area contributed by atoms with E-state index in [2.05, 4.69) is 45.1 Å². The van der Waals surface area contributed by atoms with Crippen LogP contribution in [0.4, 0.5) is 0 Å². The second kappa shape index (κ2) is 53.7. The number of rotatable bonds is 52.